The molecule has 0 fully saturated rings. The summed E-state index contributed by atoms with van der Waals surface area (Å²) in [5, 5.41) is 8.61. The highest BCUT2D eigenvalue weighted by atomic mass is 79.9. The Bertz CT molecular complexity index is 1230. The van der Waals surface area contributed by atoms with Crippen molar-refractivity contribution in [3.05, 3.63) is 70.1 Å². The van der Waals surface area contributed by atoms with E-state index in [9.17, 15) is 13.6 Å². The summed E-state index contributed by atoms with van der Waals surface area (Å²) in [4.78, 5) is 20.8. The number of carbonyl (C=O) groups excluding carboxylic acids is 1. The van der Waals surface area contributed by atoms with Crippen molar-refractivity contribution in [3.63, 3.8) is 0 Å². The van der Waals surface area contributed by atoms with Crippen LogP contribution >= 0.6 is 39.3 Å². The zero-order chi connectivity index (χ0) is 21.3. The lowest BCUT2D eigenvalue weighted by Crippen LogP contribution is -2.15. The molecule has 0 aliphatic rings. The van der Waals surface area contributed by atoms with Gasteiger partial charge in [0.2, 0.25) is 5.91 Å². The molecule has 1 N–H and O–H groups in total. The van der Waals surface area contributed by atoms with Gasteiger partial charge < -0.3 is 5.32 Å². The number of aromatic nitrogens is 4. The lowest BCUT2D eigenvalue weighted by Gasteiger charge is -2.09. The van der Waals surface area contributed by atoms with Gasteiger partial charge in [-0.25, -0.2) is 23.4 Å². The van der Waals surface area contributed by atoms with E-state index in [1.807, 2.05) is 12.1 Å². The van der Waals surface area contributed by atoms with Crippen LogP contribution in [0.25, 0.3) is 16.7 Å². The van der Waals surface area contributed by atoms with Gasteiger partial charge in [0.1, 0.15) is 17.2 Å². The number of fused-ring (bicyclic) bond motifs is 1. The molecule has 0 bridgehead atoms. The van der Waals surface area contributed by atoms with E-state index in [2.05, 4.69) is 36.3 Å². The van der Waals surface area contributed by atoms with Crippen molar-refractivity contribution < 1.29 is 13.6 Å². The summed E-state index contributed by atoms with van der Waals surface area (Å²) >= 11 is 10.1. The van der Waals surface area contributed by atoms with E-state index in [4.69, 9.17) is 11.6 Å². The molecule has 4 aromatic rings. The fraction of sp³-hybridized carbons (Fsp3) is 0.0526. The van der Waals surface area contributed by atoms with Crippen LogP contribution in [0.3, 0.4) is 0 Å². The van der Waals surface area contributed by atoms with Gasteiger partial charge >= 0.3 is 0 Å². The van der Waals surface area contributed by atoms with Crippen LogP contribution in [-0.2, 0) is 4.79 Å². The Morgan fingerprint density at radius 1 is 1.20 bits per heavy atom. The summed E-state index contributed by atoms with van der Waals surface area (Å²) in [7, 11) is 0. The van der Waals surface area contributed by atoms with Crippen LogP contribution in [0.2, 0.25) is 5.02 Å². The van der Waals surface area contributed by atoms with Gasteiger partial charge in [-0.2, -0.15) is 5.10 Å². The van der Waals surface area contributed by atoms with E-state index in [0.717, 1.165) is 23.5 Å². The van der Waals surface area contributed by atoms with Crippen LogP contribution in [0.5, 0.6) is 0 Å². The average Bonchev–Trinajstić information content (AvgIpc) is 3.14. The molecule has 1 amide bonds. The third kappa shape index (κ3) is 4.30. The molecule has 0 saturated carbocycles. The molecule has 0 unspecified atom stereocenters. The summed E-state index contributed by atoms with van der Waals surface area (Å²) in [6, 6.07) is 8.90. The number of amides is 1. The van der Waals surface area contributed by atoms with Crippen molar-refractivity contribution in [2.75, 3.05) is 11.1 Å². The lowest BCUT2D eigenvalue weighted by atomic mass is 10.3. The van der Waals surface area contributed by atoms with Crippen LogP contribution in [0.1, 0.15) is 0 Å². The third-order valence-corrected chi connectivity index (χ3v) is 5.89. The van der Waals surface area contributed by atoms with Crippen LogP contribution in [0.15, 0.2) is 58.4 Å². The quantitative estimate of drug-likeness (QED) is 0.294. The molecule has 0 aliphatic carbocycles. The zero-order valence-corrected chi connectivity index (χ0v) is 18.1. The molecule has 4 rings (SSSR count). The standard InChI is InChI=1S/C19H11BrClF2N5OS/c20-14-5-11(22)6-15(23)17(14)27-16(29)8-30-19-13-7-26-28(18(13)24-9-25-19)12-3-1-10(21)2-4-12/h1-7,9H,8H2,(H,27,29). The van der Waals surface area contributed by atoms with Crippen molar-refractivity contribution >= 4 is 61.9 Å². The number of anilines is 1. The van der Waals surface area contributed by atoms with Crippen LogP contribution < -0.4 is 5.32 Å². The van der Waals surface area contributed by atoms with Crippen molar-refractivity contribution in [3.8, 4) is 5.69 Å². The normalized spacial score (nSPS) is 11.1. The molecule has 152 valence electrons. The summed E-state index contributed by atoms with van der Waals surface area (Å²) in [6.07, 6.45) is 2.99. The molecular weight excluding hydrogens is 500 g/mol. The highest BCUT2D eigenvalue weighted by Crippen LogP contribution is 2.29. The van der Waals surface area contributed by atoms with E-state index in [1.165, 1.54) is 6.33 Å². The number of carbonyl (C=O) groups is 1. The second-order valence-electron chi connectivity index (χ2n) is 6.03. The molecule has 6 nitrogen and oxygen atoms in total. The summed E-state index contributed by atoms with van der Waals surface area (Å²) in [5.41, 5.74) is 1.23. The lowest BCUT2D eigenvalue weighted by molar-refractivity contribution is -0.113. The third-order valence-electron chi connectivity index (χ3n) is 4.01. The van der Waals surface area contributed by atoms with Gasteiger partial charge in [-0.15, -0.1) is 0 Å². The molecule has 0 atom stereocenters. The minimum atomic E-state index is -0.867. The van der Waals surface area contributed by atoms with E-state index in [-0.39, 0.29) is 15.9 Å². The number of halogens is 4. The van der Waals surface area contributed by atoms with Crippen molar-refractivity contribution in [2.45, 2.75) is 5.03 Å². The smallest absolute Gasteiger partial charge is 0.234 e. The Hall–Kier alpha value is -2.56. The Labute approximate surface area is 186 Å². The van der Waals surface area contributed by atoms with Gasteiger partial charge in [-0.05, 0) is 46.3 Å². The first-order chi connectivity index (χ1) is 14.4. The Balaban J connectivity index is 1.52. The fourth-order valence-corrected chi connectivity index (χ4v) is 4.07. The Morgan fingerprint density at radius 2 is 1.97 bits per heavy atom. The molecular formula is C19H11BrClF2N5OS. The van der Waals surface area contributed by atoms with Gasteiger partial charge in [-0.3, -0.25) is 4.79 Å². The fourth-order valence-electron chi connectivity index (χ4n) is 2.68. The number of nitrogens with zero attached hydrogens (tertiary/aromatic N) is 4. The number of thioether (sulfide) groups is 1. The minimum absolute atomic E-state index is 0.0402. The van der Waals surface area contributed by atoms with Crippen LogP contribution in [-0.4, -0.2) is 31.4 Å². The molecule has 0 spiro atoms. The Kier molecular flexibility index (Phi) is 5.98. The van der Waals surface area contributed by atoms with Crippen molar-refractivity contribution in [1.82, 2.24) is 19.7 Å². The maximum atomic E-state index is 13.9. The zero-order valence-electron chi connectivity index (χ0n) is 14.9. The highest BCUT2D eigenvalue weighted by molar-refractivity contribution is 9.10. The molecule has 0 saturated heterocycles. The van der Waals surface area contributed by atoms with E-state index < -0.39 is 17.5 Å². The van der Waals surface area contributed by atoms with Crippen molar-refractivity contribution in [1.29, 1.82) is 0 Å². The minimum Gasteiger partial charge on any atom is -0.322 e. The maximum absolute atomic E-state index is 13.9. The number of nitrogens with one attached hydrogen (secondary N) is 1. The first-order valence-electron chi connectivity index (χ1n) is 8.44. The molecule has 0 aliphatic heterocycles. The first-order valence-corrected chi connectivity index (χ1v) is 10.6. The first kappa shape index (κ1) is 20.7. The van der Waals surface area contributed by atoms with Gasteiger partial charge in [0.25, 0.3) is 0 Å². The number of hydrogen-bond donors (Lipinski definition) is 1. The van der Waals surface area contributed by atoms with Gasteiger partial charge in [-0.1, -0.05) is 23.4 Å². The van der Waals surface area contributed by atoms with E-state index in [0.29, 0.717) is 27.1 Å². The topological polar surface area (TPSA) is 72.7 Å². The largest absolute Gasteiger partial charge is 0.322 e. The molecule has 0 radical (unpaired) electrons. The maximum Gasteiger partial charge on any atom is 0.234 e. The molecule has 30 heavy (non-hydrogen) atoms. The summed E-state index contributed by atoms with van der Waals surface area (Å²) in [5.74, 6) is -2.12. The highest BCUT2D eigenvalue weighted by Gasteiger charge is 2.16. The molecule has 2 aromatic heterocycles. The van der Waals surface area contributed by atoms with E-state index >= 15 is 0 Å². The summed E-state index contributed by atoms with van der Waals surface area (Å²) in [6.45, 7) is 0. The second kappa shape index (κ2) is 8.66. The average molecular weight is 511 g/mol. The molecule has 11 heteroatoms. The number of rotatable bonds is 5. The van der Waals surface area contributed by atoms with Gasteiger partial charge in [0, 0.05) is 15.6 Å². The van der Waals surface area contributed by atoms with E-state index in [1.54, 1.807) is 23.0 Å². The predicted octanol–water partition coefficient (Wildman–Crippen LogP) is 5.24. The van der Waals surface area contributed by atoms with Crippen LogP contribution in [0, 0.1) is 11.6 Å². The van der Waals surface area contributed by atoms with Crippen LogP contribution in [0.4, 0.5) is 14.5 Å². The predicted molar refractivity (Wildman–Crippen MR) is 115 cm³/mol. The van der Waals surface area contributed by atoms with Crippen molar-refractivity contribution in [2.24, 2.45) is 0 Å². The monoisotopic (exact) mass is 509 g/mol. The molecule has 2 aromatic carbocycles. The SMILES string of the molecule is O=C(CSc1ncnc2c1cnn2-c1ccc(Cl)cc1)Nc1c(F)cc(F)cc1Br. The summed E-state index contributed by atoms with van der Waals surface area (Å²) < 4.78 is 28.9. The number of hydrogen-bond acceptors (Lipinski definition) is 5. The van der Waals surface area contributed by atoms with Gasteiger partial charge in [0.05, 0.1) is 28.7 Å². The van der Waals surface area contributed by atoms with Gasteiger partial charge in [0.15, 0.2) is 11.5 Å². The molecule has 2 heterocycles. The number of benzene rings is 2. The Morgan fingerprint density at radius 3 is 2.70 bits per heavy atom. The second-order valence-corrected chi connectivity index (χ2v) is 8.29.